The minimum Gasteiger partial charge on any atom is -0.352 e. The molecule has 3 heteroatoms. The molecule has 0 bridgehead atoms. The zero-order valence-corrected chi connectivity index (χ0v) is 12.7. The summed E-state index contributed by atoms with van der Waals surface area (Å²) in [5.41, 5.74) is 3.31. The number of H-pyrrole nitrogens is 1. The minimum atomic E-state index is 0.0200. The molecule has 21 heavy (non-hydrogen) atoms. The number of carbonyl (C=O) groups is 1. The van der Waals surface area contributed by atoms with E-state index in [4.69, 9.17) is 11.6 Å². The summed E-state index contributed by atoms with van der Waals surface area (Å²) in [7, 11) is 0. The first kappa shape index (κ1) is 13.9. The van der Waals surface area contributed by atoms with Crippen LogP contribution < -0.4 is 0 Å². The van der Waals surface area contributed by atoms with Gasteiger partial charge in [-0.15, -0.1) is 0 Å². The van der Waals surface area contributed by atoms with E-state index in [9.17, 15) is 4.79 Å². The highest BCUT2D eigenvalue weighted by Crippen LogP contribution is 2.32. The molecule has 1 heterocycles. The molecule has 0 saturated heterocycles. The van der Waals surface area contributed by atoms with Crippen molar-refractivity contribution in [3.8, 4) is 0 Å². The minimum absolute atomic E-state index is 0.0200. The van der Waals surface area contributed by atoms with Crippen molar-refractivity contribution in [2.45, 2.75) is 19.8 Å². The third kappa shape index (κ3) is 2.47. The summed E-state index contributed by atoms with van der Waals surface area (Å²) in [6.07, 6.45) is 0. The predicted octanol–water partition coefficient (Wildman–Crippen LogP) is 5.18. The van der Waals surface area contributed by atoms with Crippen LogP contribution in [-0.4, -0.2) is 10.8 Å². The Bertz CT molecular complexity index is 803. The molecular formula is C18H16ClNO. The molecule has 0 spiro atoms. The number of aromatic amines is 1. The maximum Gasteiger partial charge on any atom is 0.209 e. The first-order chi connectivity index (χ1) is 10.1. The lowest BCUT2D eigenvalue weighted by Gasteiger charge is -2.07. The van der Waals surface area contributed by atoms with Gasteiger partial charge in [0, 0.05) is 21.5 Å². The summed E-state index contributed by atoms with van der Waals surface area (Å²) < 4.78 is 0. The average molecular weight is 298 g/mol. The van der Waals surface area contributed by atoms with Crippen LogP contribution in [0.3, 0.4) is 0 Å². The van der Waals surface area contributed by atoms with E-state index in [2.05, 4.69) is 18.8 Å². The van der Waals surface area contributed by atoms with E-state index < -0.39 is 0 Å². The zero-order chi connectivity index (χ0) is 15.0. The number of hydrogen-bond acceptors (Lipinski definition) is 1. The third-order valence-electron chi connectivity index (χ3n) is 3.64. The highest BCUT2D eigenvalue weighted by molar-refractivity contribution is 6.31. The molecule has 0 aliphatic heterocycles. The molecule has 3 rings (SSSR count). The van der Waals surface area contributed by atoms with Crippen LogP contribution in [0, 0.1) is 0 Å². The molecular weight excluding hydrogens is 282 g/mol. The Hall–Kier alpha value is -2.06. The van der Waals surface area contributed by atoms with Crippen molar-refractivity contribution < 1.29 is 4.79 Å². The maximum atomic E-state index is 12.8. The van der Waals surface area contributed by atoms with Gasteiger partial charge < -0.3 is 4.98 Å². The second-order valence-corrected chi connectivity index (χ2v) is 5.89. The third-order valence-corrected chi connectivity index (χ3v) is 3.88. The smallest absolute Gasteiger partial charge is 0.209 e. The molecule has 0 radical (unpaired) electrons. The molecule has 0 aliphatic rings. The highest BCUT2D eigenvalue weighted by atomic mass is 35.5. The van der Waals surface area contributed by atoms with E-state index in [0.29, 0.717) is 16.3 Å². The molecule has 1 aromatic heterocycles. The second-order valence-electron chi connectivity index (χ2n) is 5.45. The van der Waals surface area contributed by atoms with Crippen LogP contribution in [0.15, 0.2) is 48.5 Å². The molecule has 0 atom stereocenters. The van der Waals surface area contributed by atoms with Gasteiger partial charge in [-0.2, -0.15) is 0 Å². The van der Waals surface area contributed by atoms with E-state index in [0.717, 1.165) is 16.5 Å². The van der Waals surface area contributed by atoms with E-state index in [1.807, 2.05) is 48.5 Å². The van der Waals surface area contributed by atoms with Crippen LogP contribution in [0.25, 0.3) is 10.9 Å². The van der Waals surface area contributed by atoms with Gasteiger partial charge >= 0.3 is 0 Å². The standard InChI is InChI=1S/C18H16ClNO/c1-11(2)16-14-9-8-13(19)10-15(14)20-17(16)18(21)12-6-4-3-5-7-12/h3-11,20H,1-2H3. The summed E-state index contributed by atoms with van der Waals surface area (Å²) >= 11 is 6.05. The molecule has 106 valence electrons. The Kier molecular flexibility index (Phi) is 3.56. The van der Waals surface area contributed by atoms with E-state index in [1.165, 1.54) is 0 Å². The predicted molar refractivity (Wildman–Crippen MR) is 87.3 cm³/mol. The quantitative estimate of drug-likeness (QED) is 0.664. The van der Waals surface area contributed by atoms with Crippen LogP contribution in [0.1, 0.15) is 41.4 Å². The van der Waals surface area contributed by atoms with Gasteiger partial charge in [0.2, 0.25) is 5.78 Å². The number of fused-ring (bicyclic) bond motifs is 1. The van der Waals surface area contributed by atoms with Crippen molar-refractivity contribution in [3.05, 3.63) is 70.4 Å². The van der Waals surface area contributed by atoms with E-state index in [1.54, 1.807) is 0 Å². The fourth-order valence-electron chi connectivity index (χ4n) is 2.70. The van der Waals surface area contributed by atoms with Crippen molar-refractivity contribution in [2.24, 2.45) is 0 Å². The summed E-state index contributed by atoms with van der Waals surface area (Å²) in [6, 6.07) is 15.0. The van der Waals surface area contributed by atoms with Crippen molar-refractivity contribution in [2.75, 3.05) is 0 Å². The maximum absolute atomic E-state index is 12.8. The fourth-order valence-corrected chi connectivity index (χ4v) is 2.88. The molecule has 0 amide bonds. The summed E-state index contributed by atoms with van der Waals surface area (Å²) in [4.78, 5) is 16.0. The number of aromatic nitrogens is 1. The molecule has 0 saturated carbocycles. The molecule has 2 nitrogen and oxygen atoms in total. The number of carbonyl (C=O) groups excluding carboxylic acids is 1. The van der Waals surface area contributed by atoms with E-state index in [-0.39, 0.29) is 11.7 Å². The van der Waals surface area contributed by atoms with Crippen LogP contribution in [0.5, 0.6) is 0 Å². The topological polar surface area (TPSA) is 32.9 Å². The lowest BCUT2D eigenvalue weighted by Crippen LogP contribution is -2.05. The molecule has 3 aromatic rings. The van der Waals surface area contributed by atoms with Gasteiger partial charge in [0.1, 0.15) is 0 Å². The number of halogens is 1. The zero-order valence-electron chi connectivity index (χ0n) is 12.0. The second kappa shape index (κ2) is 5.38. The highest BCUT2D eigenvalue weighted by Gasteiger charge is 2.21. The van der Waals surface area contributed by atoms with Crippen molar-refractivity contribution in [1.82, 2.24) is 4.98 Å². The molecule has 0 aliphatic carbocycles. The summed E-state index contributed by atoms with van der Waals surface area (Å²) in [5, 5.41) is 1.73. The van der Waals surface area contributed by atoms with Gasteiger partial charge in [-0.05, 0) is 23.6 Å². The monoisotopic (exact) mass is 297 g/mol. The summed E-state index contributed by atoms with van der Waals surface area (Å²) in [5.74, 6) is 0.272. The Balaban J connectivity index is 2.22. The number of rotatable bonds is 3. The Morgan fingerprint density at radius 3 is 2.48 bits per heavy atom. The SMILES string of the molecule is CC(C)c1c(C(=O)c2ccccc2)[nH]c2cc(Cl)ccc12. The molecule has 0 fully saturated rings. The number of benzene rings is 2. The van der Waals surface area contributed by atoms with Gasteiger partial charge in [-0.1, -0.05) is 61.8 Å². The lowest BCUT2D eigenvalue weighted by molar-refractivity contribution is 0.103. The number of ketones is 1. The van der Waals surface area contributed by atoms with Gasteiger partial charge in [0.15, 0.2) is 0 Å². The normalized spacial score (nSPS) is 11.2. The van der Waals surface area contributed by atoms with E-state index >= 15 is 0 Å². The molecule has 2 aromatic carbocycles. The first-order valence-corrected chi connectivity index (χ1v) is 7.36. The number of hydrogen-bond donors (Lipinski definition) is 1. The van der Waals surface area contributed by atoms with Gasteiger partial charge in [-0.25, -0.2) is 0 Å². The largest absolute Gasteiger partial charge is 0.352 e. The van der Waals surface area contributed by atoms with Gasteiger partial charge in [-0.3, -0.25) is 4.79 Å². The number of nitrogens with one attached hydrogen (secondary N) is 1. The lowest BCUT2D eigenvalue weighted by atomic mass is 9.95. The van der Waals surface area contributed by atoms with Crippen LogP contribution in [0.2, 0.25) is 5.02 Å². The molecule has 1 N–H and O–H groups in total. The van der Waals surface area contributed by atoms with Crippen molar-refractivity contribution >= 4 is 28.3 Å². The first-order valence-electron chi connectivity index (χ1n) is 6.99. The average Bonchev–Trinajstić information content (AvgIpc) is 2.85. The Morgan fingerprint density at radius 1 is 1.10 bits per heavy atom. The van der Waals surface area contributed by atoms with Gasteiger partial charge in [0.05, 0.1) is 5.69 Å². The van der Waals surface area contributed by atoms with Crippen LogP contribution in [0.4, 0.5) is 0 Å². The van der Waals surface area contributed by atoms with Crippen molar-refractivity contribution in [1.29, 1.82) is 0 Å². The molecule has 0 unspecified atom stereocenters. The Labute approximate surface area is 128 Å². The van der Waals surface area contributed by atoms with Crippen LogP contribution in [-0.2, 0) is 0 Å². The van der Waals surface area contributed by atoms with Crippen LogP contribution >= 0.6 is 11.6 Å². The van der Waals surface area contributed by atoms with Crippen molar-refractivity contribution in [3.63, 3.8) is 0 Å². The Morgan fingerprint density at radius 2 is 1.81 bits per heavy atom. The van der Waals surface area contributed by atoms with Gasteiger partial charge in [0.25, 0.3) is 0 Å². The fraction of sp³-hybridized carbons (Fsp3) is 0.167. The summed E-state index contributed by atoms with van der Waals surface area (Å²) in [6.45, 7) is 4.19.